The second-order valence-electron chi connectivity index (χ2n) is 5.10. The first kappa shape index (κ1) is 13.5. The van der Waals surface area contributed by atoms with E-state index in [1.807, 2.05) is 6.07 Å². The fourth-order valence-corrected chi connectivity index (χ4v) is 3.16. The van der Waals surface area contributed by atoms with Crippen LogP contribution in [0.25, 0.3) is 0 Å². The number of rotatable bonds is 3. The molecule has 20 heavy (non-hydrogen) atoms. The Morgan fingerprint density at radius 1 is 1.15 bits per heavy atom. The van der Waals surface area contributed by atoms with Gasteiger partial charge in [0.1, 0.15) is 5.75 Å². The van der Waals surface area contributed by atoms with E-state index in [2.05, 4.69) is 63.3 Å². The van der Waals surface area contributed by atoms with Crippen molar-refractivity contribution in [3.05, 3.63) is 58.6 Å². The van der Waals surface area contributed by atoms with Crippen LogP contribution in [0.3, 0.4) is 0 Å². The molecule has 1 heterocycles. The number of ether oxygens (including phenoxy) is 1. The van der Waals surface area contributed by atoms with E-state index in [0.717, 1.165) is 16.8 Å². The fourth-order valence-electron chi connectivity index (χ4n) is 2.90. The van der Waals surface area contributed by atoms with E-state index >= 15 is 0 Å². The Morgan fingerprint density at radius 2 is 1.95 bits per heavy atom. The Balaban J connectivity index is 1.90. The van der Waals surface area contributed by atoms with E-state index in [9.17, 15) is 0 Å². The van der Waals surface area contributed by atoms with Gasteiger partial charge in [-0.05, 0) is 42.7 Å². The zero-order valence-electron chi connectivity index (χ0n) is 11.6. The first-order chi connectivity index (χ1) is 9.78. The zero-order chi connectivity index (χ0) is 13.9. The molecule has 0 aliphatic carbocycles. The van der Waals surface area contributed by atoms with E-state index in [1.165, 1.54) is 24.1 Å². The smallest absolute Gasteiger partial charge is 0.120 e. The summed E-state index contributed by atoms with van der Waals surface area (Å²) < 4.78 is 6.47. The summed E-state index contributed by atoms with van der Waals surface area (Å²) in [6.07, 6.45) is 2.44. The number of halogens is 1. The van der Waals surface area contributed by atoms with E-state index < -0.39 is 0 Å². The zero-order valence-corrected chi connectivity index (χ0v) is 13.1. The molecule has 2 aromatic carbocycles. The summed E-state index contributed by atoms with van der Waals surface area (Å²) in [5, 5.41) is 0. The molecule has 1 aliphatic heterocycles. The van der Waals surface area contributed by atoms with Crippen LogP contribution in [-0.2, 0) is 0 Å². The van der Waals surface area contributed by atoms with Crippen LogP contribution in [0.1, 0.15) is 24.4 Å². The van der Waals surface area contributed by atoms with Crippen LogP contribution in [0.15, 0.2) is 53.0 Å². The lowest BCUT2D eigenvalue weighted by molar-refractivity contribution is 0.414. The first-order valence-corrected chi connectivity index (χ1v) is 7.73. The Kier molecular flexibility index (Phi) is 3.97. The van der Waals surface area contributed by atoms with Crippen LogP contribution in [0.2, 0.25) is 0 Å². The van der Waals surface area contributed by atoms with Crippen LogP contribution in [0.4, 0.5) is 5.69 Å². The Morgan fingerprint density at radius 3 is 2.70 bits per heavy atom. The molecule has 1 atom stereocenters. The van der Waals surface area contributed by atoms with Gasteiger partial charge in [-0.15, -0.1) is 0 Å². The molecule has 0 N–H and O–H groups in total. The Labute approximate surface area is 128 Å². The average Bonchev–Trinajstić information content (AvgIpc) is 2.97. The van der Waals surface area contributed by atoms with Crippen molar-refractivity contribution in [2.24, 2.45) is 0 Å². The minimum Gasteiger partial charge on any atom is -0.497 e. The van der Waals surface area contributed by atoms with Gasteiger partial charge in [0, 0.05) is 22.8 Å². The van der Waals surface area contributed by atoms with Crippen LogP contribution < -0.4 is 9.64 Å². The van der Waals surface area contributed by atoms with E-state index in [1.54, 1.807) is 7.11 Å². The topological polar surface area (TPSA) is 12.5 Å². The normalized spacial score (nSPS) is 18.3. The summed E-state index contributed by atoms with van der Waals surface area (Å²) in [4.78, 5) is 2.48. The van der Waals surface area contributed by atoms with Crippen molar-refractivity contribution < 1.29 is 4.74 Å². The number of hydrogen-bond acceptors (Lipinski definition) is 2. The molecule has 2 nitrogen and oxygen atoms in total. The molecule has 0 bridgehead atoms. The maximum atomic E-state index is 5.34. The SMILES string of the molecule is COc1cccc(N2CCCC2c2ccc(Br)cc2)c1. The van der Waals surface area contributed by atoms with Crippen LogP contribution in [0.5, 0.6) is 5.75 Å². The van der Waals surface area contributed by atoms with Crippen molar-refractivity contribution in [3.63, 3.8) is 0 Å². The molecule has 0 amide bonds. The van der Waals surface area contributed by atoms with Gasteiger partial charge in [-0.2, -0.15) is 0 Å². The molecule has 1 unspecified atom stereocenters. The number of anilines is 1. The maximum Gasteiger partial charge on any atom is 0.120 e. The lowest BCUT2D eigenvalue weighted by atomic mass is 10.0. The van der Waals surface area contributed by atoms with Gasteiger partial charge in [0.2, 0.25) is 0 Å². The van der Waals surface area contributed by atoms with Crippen molar-refractivity contribution in [1.82, 2.24) is 0 Å². The van der Waals surface area contributed by atoms with Crippen LogP contribution >= 0.6 is 15.9 Å². The van der Waals surface area contributed by atoms with Crippen molar-refractivity contribution in [2.75, 3.05) is 18.6 Å². The third-order valence-corrected chi connectivity index (χ3v) is 4.42. The van der Waals surface area contributed by atoms with Gasteiger partial charge in [-0.1, -0.05) is 34.1 Å². The molecule has 3 heteroatoms. The third-order valence-electron chi connectivity index (χ3n) is 3.89. The predicted octanol–water partition coefficient (Wildman–Crippen LogP) is 4.80. The minimum absolute atomic E-state index is 0.468. The molecule has 0 aromatic heterocycles. The molecule has 1 aliphatic rings. The Hall–Kier alpha value is -1.48. The quantitative estimate of drug-likeness (QED) is 0.801. The largest absolute Gasteiger partial charge is 0.497 e. The summed E-state index contributed by atoms with van der Waals surface area (Å²) in [6, 6.07) is 17.5. The van der Waals surface area contributed by atoms with Gasteiger partial charge in [0.05, 0.1) is 13.2 Å². The monoisotopic (exact) mass is 331 g/mol. The summed E-state index contributed by atoms with van der Waals surface area (Å²) in [5.41, 5.74) is 2.63. The summed E-state index contributed by atoms with van der Waals surface area (Å²) >= 11 is 3.50. The summed E-state index contributed by atoms with van der Waals surface area (Å²) in [5.74, 6) is 0.920. The molecule has 104 valence electrons. The van der Waals surface area contributed by atoms with Gasteiger partial charge < -0.3 is 9.64 Å². The highest BCUT2D eigenvalue weighted by molar-refractivity contribution is 9.10. The second-order valence-corrected chi connectivity index (χ2v) is 6.02. The molecule has 0 radical (unpaired) electrons. The number of hydrogen-bond donors (Lipinski definition) is 0. The highest BCUT2D eigenvalue weighted by Crippen LogP contribution is 2.37. The van der Waals surface area contributed by atoms with Gasteiger partial charge in [0.25, 0.3) is 0 Å². The molecule has 1 fully saturated rings. The van der Waals surface area contributed by atoms with Gasteiger partial charge in [-0.3, -0.25) is 0 Å². The van der Waals surface area contributed by atoms with Gasteiger partial charge in [0.15, 0.2) is 0 Å². The second kappa shape index (κ2) is 5.88. The molecule has 3 rings (SSSR count). The molecular weight excluding hydrogens is 314 g/mol. The van der Waals surface area contributed by atoms with Gasteiger partial charge >= 0.3 is 0 Å². The van der Waals surface area contributed by atoms with E-state index in [4.69, 9.17) is 4.74 Å². The summed E-state index contributed by atoms with van der Waals surface area (Å²) in [6.45, 7) is 1.11. The lowest BCUT2D eigenvalue weighted by Gasteiger charge is -2.27. The minimum atomic E-state index is 0.468. The highest BCUT2D eigenvalue weighted by Gasteiger charge is 2.26. The molecule has 1 saturated heterocycles. The van der Waals surface area contributed by atoms with Crippen LogP contribution in [0, 0.1) is 0 Å². The number of nitrogens with zero attached hydrogens (tertiary/aromatic N) is 1. The third kappa shape index (κ3) is 2.68. The first-order valence-electron chi connectivity index (χ1n) is 6.94. The number of methoxy groups -OCH3 is 1. The van der Waals surface area contributed by atoms with Crippen molar-refractivity contribution >= 4 is 21.6 Å². The molecule has 2 aromatic rings. The Bertz CT molecular complexity index is 582. The van der Waals surface area contributed by atoms with Crippen molar-refractivity contribution in [2.45, 2.75) is 18.9 Å². The van der Waals surface area contributed by atoms with Crippen molar-refractivity contribution in [1.29, 1.82) is 0 Å². The highest BCUT2D eigenvalue weighted by atomic mass is 79.9. The fraction of sp³-hybridized carbons (Fsp3) is 0.294. The van der Waals surface area contributed by atoms with E-state index in [-0.39, 0.29) is 0 Å². The van der Waals surface area contributed by atoms with E-state index in [0.29, 0.717) is 6.04 Å². The molecule has 0 spiro atoms. The summed E-state index contributed by atoms with van der Waals surface area (Å²) in [7, 11) is 1.72. The predicted molar refractivity (Wildman–Crippen MR) is 86.5 cm³/mol. The van der Waals surface area contributed by atoms with Gasteiger partial charge in [-0.25, -0.2) is 0 Å². The molecule has 0 saturated carbocycles. The maximum absolute atomic E-state index is 5.34. The van der Waals surface area contributed by atoms with Crippen LogP contribution in [-0.4, -0.2) is 13.7 Å². The lowest BCUT2D eigenvalue weighted by Crippen LogP contribution is -2.22. The molecular formula is C17H18BrNO. The number of benzene rings is 2. The standard InChI is InChI=1S/C17H18BrNO/c1-20-16-5-2-4-15(12-16)19-11-3-6-17(19)13-7-9-14(18)10-8-13/h2,4-5,7-10,12,17H,3,6,11H2,1H3. The van der Waals surface area contributed by atoms with Crippen molar-refractivity contribution in [3.8, 4) is 5.75 Å². The average molecular weight is 332 g/mol.